The van der Waals surface area contributed by atoms with Gasteiger partial charge in [0.25, 0.3) is 0 Å². The lowest BCUT2D eigenvalue weighted by Gasteiger charge is -2.11. The van der Waals surface area contributed by atoms with Gasteiger partial charge in [-0.3, -0.25) is 0 Å². The van der Waals surface area contributed by atoms with Gasteiger partial charge in [-0.15, -0.1) is 11.3 Å². The number of carbonyl (C=O) groups is 1. The lowest BCUT2D eigenvalue weighted by Crippen LogP contribution is -2.39. The van der Waals surface area contributed by atoms with Gasteiger partial charge in [-0.05, 0) is 6.42 Å². The number of hydrogen-bond donors (Lipinski definition) is 3. The van der Waals surface area contributed by atoms with Crippen molar-refractivity contribution in [1.29, 1.82) is 0 Å². The number of aromatic nitrogens is 1. The number of amides is 2. The molecule has 6 nitrogen and oxygen atoms in total. The molecule has 1 unspecified atom stereocenters. The number of nitrogens with zero attached hydrogens (tertiary/aromatic N) is 2. The third kappa shape index (κ3) is 5.89. The highest BCUT2D eigenvalue weighted by Gasteiger charge is 2.07. The summed E-state index contributed by atoms with van der Waals surface area (Å²) in [5.74, 6) is 0. The van der Waals surface area contributed by atoms with Gasteiger partial charge in [0, 0.05) is 26.0 Å². The molecule has 1 heterocycles. The molecule has 0 saturated heterocycles. The van der Waals surface area contributed by atoms with Crippen LogP contribution in [0.3, 0.4) is 0 Å². The molecule has 1 rings (SSSR count). The van der Waals surface area contributed by atoms with E-state index in [9.17, 15) is 9.90 Å². The van der Waals surface area contributed by atoms with Crippen LogP contribution < -0.4 is 15.5 Å². The fraction of sp³-hybridized carbons (Fsp3) is 0.667. The van der Waals surface area contributed by atoms with Crippen LogP contribution in [0.4, 0.5) is 9.93 Å². The minimum absolute atomic E-state index is 0.277. The van der Waals surface area contributed by atoms with Gasteiger partial charge in [0.15, 0.2) is 5.13 Å². The fourth-order valence-electron chi connectivity index (χ4n) is 1.46. The van der Waals surface area contributed by atoms with Crippen LogP contribution in [0.5, 0.6) is 0 Å². The first kappa shape index (κ1) is 15.7. The number of anilines is 1. The smallest absolute Gasteiger partial charge is 0.315 e. The van der Waals surface area contributed by atoms with Crippen molar-refractivity contribution in [3.63, 3.8) is 0 Å². The summed E-state index contributed by atoms with van der Waals surface area (Å²) in [6, 6.07) is -0.283. The van der Waals surface area contributed by atoms with E-state index >= 15 is 0 Å². The Labute approximate surface area is 117 Å². The molecule has 0 bridgehead atoms. The molecule has 2 amide bonds. The Morgan fingerprint density at radius 2 is 2.26 bits per heavy atom. The van der Waals surface area contributed by atoms with Gasteiger partial charge in [0.05, 0.1) is 18.3 Å². The second kappa shape index (κ2) is 7.96. The van der Waals surface area contributed by atoms with Crippen LogP contribution in [0.25, 0.3) is 0 Å². The van der Waals surface area contributed by atoms with E-state index in [1.165, 1.54) is 11.3 Å². The number of carbonyl (C=O) groups excluding carboxylic acids is 1. The van der Waals surface area contributed by atoms with Crippen LogP contribution in [-0.4, -0.2) is 42.9 Å². The molecule has 0 spiro atoms. The van der Waals surface area contributed by atoms with Gasteiger partial charge in [-0.25, -0.2) is 9.78 Å². The quantitative estimate of drug-likeness (QED) is 0.703. The zero-order valence-corrected chi connectivity index (χ0v) is 12.5. The molecule has 19 heavy (non-hydrogen) atoms. The van der Waals surface area contributed by atoms with Gasteiger partial charge in [-0.1, -0.05) is 13.3 Å². The molecule has 1 atom stereocenters. The Hall–Kier alpha value is -1.34. The number of thiazole rings is 1. The van der Waals surface area contributed by atoms with Crippen molar-refractivity contribution in [2.45, 2.75) is 32.4 Å². The third-order valence-corrected chi connectivity index (χ3v) is 3.53. The molecule has 1 aromatic rings. The molecule has 0 aromatic carbocycles. The van der Waals surface area contributed by atoms with Crippen LogP contribution in [0.1, 0.15) is 25.5 Å². The molecule has 0 radical (unpaired) electrons. The van der Waals surface area contributed by atoms with Crippen molar-refractivity contribution < 1.29 is 9.90 Å². The summed E-state index contributed by atoms with van der Waals surface area (Å²) in [6.07, 6.45) is 1.12. The lowest BCUT2D eigenvalue weighted by molar-refractivity contribution is 0.160. The van der Waals surface area contributed by atoms with Crippen LogP contribution in [-0.2, 0) is 6.54 Å². The topological polar surface area (TPSA) is 77.5 Å². The van der Waals surface area contributed by atoms with Crippen molar-refractivity contribution in [3.05, 3.63) is 11.1 Å². The minimum atomic E-state index is -0.477. The summed E-state index contributed by atoms with van der Waals surface area (Å²) >= 11 is 1.54. The van der Waals surface area contributed by atoms with Gasteiger partial charge < -0.3 is 20.6 Å². The second-order valence-corrected chi connectivity index (χ2v) is 5.36. The number of aliphatic hydroxyl groups excluding tert-OH is 1. The van der Waals surface area contributed by atoms with Crippen LogP contribution in [0.15, 0.2) is 5.38 Å². The molecule has 7 heteroatoms. The van der Waals surface area contributed by atoms with Crippen molar-refractivity contribution in [1.82, 2.24) is 15.6 Å². The molecule has 0 aliphatic rings. The molecule has 0 aliphatic heterocycles. The predicted octanol–water partition coefficient (Wildman–Crippen LogP) is 1.17. The first-order chi connectivity index (χ1) is 9.02. The van der Waals surface area contributed by atoms with E-state index in [2.05, 4.69) is 15.6 Å². The van der Waals surface area contributed by atoms with E-state index in [1.54, 1.807) is 0 Å². The third-order valence-electron chi connectivity index (χ3n) is 2.47. The van der Waals surface area contributed by atoms with E-state index in [0.717, 1.165) is 17.2 Å². The van der Waals surface area contributed by atoms with Crippen molar-refractivity contribution in [2.75, 3.05) is 25.5 Å². The molecule has 0 saturated carbocycles. The molecule has 108 valence electrons. The van der Waals surface area contributed by atoms with Crippen LogP contribution in [0, 0.1) is 0 Å². The van der Waals surface area contributed by atoms with Crippen LogP contribution in [0.2, 0.25) is 0 Å². The van der Waals surface area contributed by atoms with E-state index in [4.69, 9.17) is 0 Å². The predicted molar refractivity (Wildman–Crippen MR) is 77.6 cm³/mol. The first-order valence-electron chi connectivity index (χ1n) is 6.34. The number of urea groups is 1. The summed E-state index contributed by atoms with van der Waals surface area (Å²) in [6.45, 7) is 2.66. The molecule has 3 N–H and O–H groups in total. The lowest BCUT2D eigenvalue weighted by atomic mass is 10.2. The number of hydrogen-bond acceptors (Lipinski definition) is 5. The molecular weight excluding hydrogens is 264 g/mol. The van der Waals surface area contributed by atoms with E-state index in [-0.39, 0.29) is 12.6 Å². The van der Waals surface area contributed by atoms with Gasteiger partial charge in [0.1, 0.15) is 0 Å². The molecular formula is C12H22N4O2S. The van der Waals surface area contributed by atoms with E-state index in [1.807, 2.05) is 31.3 Å². The van der Waals surface area contributed by atoms with Crippen molar-refractivity contribution in [3.8, 4) is 0 Å². The van der Waals surface area contributed by atoms with E-state index in [0.29, 0.717) is 13.0 Å². The maximum atomic E-state index is 11.5. The first-order valence-corrected chi connectivity index (χ1v) is 7.22. The van der Waals surface area contributed by atoms with Crippen LogP contribution >= 0.6 is 11.3 Å². The zero-order chi connectivity index (χ0) is 14.3. The van der Waals surface area contributed by atoms with Gasteiger partial charge in [0.2, 0.25) is 0 Å². The largest absolute Gasteiger partial charge is 0.391 e. The normalized spacial score (nSPS) is 12.0. The highest BCUT2D eigenvalue weighted by atomic mass is 32.1. The van der Waals surface area contributed by atoms with Gasteiger partial charge in [-0.2, -0.15) is 0 Å². The Morgan fingerprint density at radius 3 is 2.84 bits per heavy atom. The molecule has 0 aliphatic carbocycles. The molecule has 0 fully saturated rings. The summed E-state index contributed by atoms with van der Waals surface area (Å²) in [4.78, 5) is 17.8. The maximum Gasteiger partial charge on any atom is 0.315 e. The summed E-state index contributed by atoms with van der Waals surface area (Å²) in [5, 5.41) is 17.7. The Kier molecular flexibility index (Phi) is 6.58. The Bertz CT molecular complexity index is 395. The average molecular weight is 286 g/mol. The van der Waals surface area contributed by atoms with Gasteiger partial charge >= 0.3 is 6.03 Å². The highest BCUT2D eigenvalue weighted by molar-refractivity contribution is 7.13. The summed E-state index contributed by atoms with van der Waals surface area (Å²) in [7, 11) is 3.86. The van der Waals surface area contributed by atoms with Crippen molar-refractivity contribution >= 4 is 22.5 Å². The highest BCUT2D eigenvalue weighted by Crippen LogP contribution is 2.17. The number of rotatable bonds is 7. The minimum Gasteiger partial charge on any atom is -0.391 e. The summed E-state index contributed by atoms with van der Waals surface area (Å²) in [5.41, 5.74) is 0.831. The molecule has 1 aromatic heterocycles. The summed E-state index contributed by atoms with van der Waals surface area (Å²) < 4.78 is 0. The number of aliphatic hydroxyl groups is 1. The van der Waals surface area contributed by atoms with Crippen molar-refractivity contribution in [2.24, 2.45) is 0 Å². The average Bonchev–Trinajstić information content (AvgIpc) is 2.83. The second-order valence-electron chi connectivity index (χ2n) is 4.52. The zero-order valence-electron chi connectivity index (χ0n) is 11.6. The fourth-order valence-corrected chi connectivity index (χ4v) is 2.22. The standard InChI is InChI=1S/C12H22N4O2S/c1-4-5-10(17)7-14-11(18)13-6-9-8-19-12(15-9)16(2)3/h8,10,17H,4-7H2,1-3H3,(H2,13,14,18). The SMILES string of the molecule is CCCC(O)CNC(=O)NCc1csc(N(C)C)n1. The Balaban J connectivity index is 2.25. The number of nitrogens with one attached hydrogen (secondary N) is 2. The maximum absolute atomic E-state index is 11.5. The monoisotopic (exact) mass is 286 g/mol. The Morgan fingerprint density at radius 1 is 1.53 bits per heavy atom. The van der Waals surface area contributed by atoms with E-state index < -0.39 is 6.10 Å².